The Morgan fingerprint density at radius 3 is 2.90 bits per heavy atom. The molecule has 0 bridgehead atoms. The quantitative estimate of drug-likeness (QED) is 0.653. The van der Waals surface area contributed by atoms with Gasteiger partial charge in [0, 0.05) is 17.3 Å². The van der Waals surface area contributed by atoms with E-state index in [1.165, 1.54) is 6.07 Å². The summed E-state index contributed by atoms with van der Waals surface area (Å²) in [7, 11) is 0. The minimum Gasteiger partial charge on any atom is -0.324 e. The lowest BCUT2D eigenvalue weighted by Gasteiger charge is -2.22. The standard InChI is InChI=1S/C14H19N3O3/c1-2-10-6-7-11(9-13(10)17(19)20)16-14(18)12-5-3-4-8-15-12/h6-7,9,12,15H,2-5,8H2,1H3,(H,16,18)/t12-/m1/s1. The third-order valence-electron chi connectivity index (χ3n) is 3.56. The number of nitrogens with one attached hydrogen (secondary N) is 2. The second kappa shape index (κ2) is 6.47. The highest BCUT2D eigenvalue weighted by Gasteiger charge is 2.21. The van der Waals surface area contributed by atoms with Crippen molar-refractivity contribution in [2.75, 3.05) is 11.9 Å². The van der Waals surface area contributed by atoms with Gasteiger partial charge in [-0.25, -0.2) is 0 Å². The predicted molar refractivity (Wildman–Crippen MR) is 76.7 cm³/mol. The summed E-state index contributed by atoms with van der Waals surface area (Å²) in [6.07, 6.45) is 3.51. The Hall–Kier alpha value is -1.95. The third-order valence-corrected chi connectivity index (χ3v) is 3.56. The van der Waals surface area contributed by atoms with Crippen LogP contribution in [0.1, 0.15) is 31.7 Å². The molecule has 2 rings (SSSR count). The van der Waals surface area contributed by atoms with Gasteiger partial charge in [-0.15, -0.1) is 0 Å². The molecule has 0 radical (unpaired) electrons. The van der Waals surface area contributed by atoms with Crippen molar-refractivity contribution in [1.29, 1.82) is 0 Å². The Bertz CT molecular complexity index is 510. The summed E-state index contributed by atoms with van der Waals surface area (Å²) in [6, 6.07) is 4.64. The van der Waals surface area contributed by atoms with E-state index in [2.05, 4.69) is 10.6 Å². The van der Waals surface area contributed by atoms with Gasteiger partial charge in [-0.2, -0.15) is 0 Å². The molecule has 6 heteroatoms. The van der Waals surface area contributed by atoms with Crippen molar-refractivity contribution in [3.05, 3.63) is 33.9 Å². The van der Waals surface area contributed by atoms with Gasteiger partial charge in [0.2, 0.25) is 5.91 Å². The van der Waals surface area contributed by atoms with Gasteiger partial charge in [0.25, 0.3) is 5.69 Å². The molecule has 0 saturated carbocycles. The molecule has 0 spiro atoms. The SMILES string of the molecule is CCc1ccc(NC(=O)[C@H]2CCCCN2)cc1[N+](=O)[O-]. The van der Waals surface area contributed by atoms with Gasteiger partial charge < -0.3 is 10.6 Å². The van der Waals surface area contributed by atoms with Gasteiger partial charge in [-0.1, -0.05) is 19.4 Å². The van der Waals surface area contributed by atoms with Gasteiger partial charge in [-0.05, 0) is 31.9 Å². The summed E-state index contributed by atoms with van der Waals surface area (Å²) in [5, 5.41) is 16.9. The number of nitro groups is 1. The van der Waals surface area contributed by atoms with Crippen LogP contribution in [0.25, 0.3) is 0 Å². The topological polar surface area (TPSA) is 84.3 Å². The number of piperidine rings is 1. The molecular formula is C14H19N3O3. The van der Waals surface area contributed by atoms with Crippen LogP contribution in [-0.4, -0.2) is 23.4 Å². The molecule has 1 saturated heterocycles. The van der Waals surface area contributed by atoms with Crippen LogP contribution in [0.4, 0.5) is 11.4 Å². The van der Waals surface area contributed by atoms with E-state index in [4.69, 9.17) is 0 Å². The fourth-order valence-corrected chi connectivity index (χ4v) is 2.42. The number of benzene rings is 1. The van der Waals surface area contributed by atoms with Crippen molar-refractivity contribution in [1.82, 2.24) is 5.32 Å². The average molecular weight is 277 g/mol. The number of carbonyl (C=O) groups is 1. The monoisotopic (exact) mass is 277 g/mol. The van der Waals surface area contributed by atoms with Gasteiger partial charge in [0.15, 0.2) is 0 Å². The van der Waals surface area contributed by atoms with Gasteiger partial charge in [0.1, 0.15) is 0 Å². The van der Waals surface area contributed by atoms with Gasteiger partial charge in [-0.3, -0.25) is 14.9 Å². The van der Waals surface area contributed by atoms with E-state index in [1.807, 2.05) is 6.92 Å². The summed E-state index contributed by atoms with van der Waals surface area (Å²) < 4.78 is 0. The van der Waals surface area contributed by atoms with Crippen LogP contribution in [0.2, 0.25) is 0 Å². The van der Waals surface area contributed by atoms with E-state index < -0.39 is 4.92 Å². The van der Waals surface area contributed by atoms with E-state index in [0.717, 1.165) is 25.8 Å². The number of nitro benzene ring substituents is 1. The minimum atomic E-state index is -0.409. The summed E-state index contributed by atoms with van der Waals surface area (Å²) in [5.74, 6) is -0.122. The highest BCUT2D eigenvalue weighted by molar-refractivity contribution is 5.95. The third kappa shape index (κ3) is 3.33. The number of aryl methyl sites for hydroxylation is 1. The first-order valence-corrected chi connectivity index (χ1v) is 6.93. The first-order chi connectivity index (χ1) is 9.61. The molecule has 6 nitrogen and oxygen atoms in total. The van der Waals surface area contributed by atoms with Crippen LogP contribution in [0, 0.1) is 10.1 Å². The molecule has 2 N–H and O–H groups in total. The Morgan fingerprint density at radius 2 is 2.30 bits per heavy atom. The van der Waals surface area contributed by atoms with Crippen LogP contribution in [0.5, 0.6) is 0 Å². The lowest BCUT2D eigenvalue weighted by atomic mass is 10.0. The van der Waals surface area contributed by atoms with Crippen LogP contribution in [0.15, 0.2) is 18.2 Å². The van der Waals surface area contributed by atoms with Crippen molar-refractivity contribution >= 4 is 17.3 Å². The maximum atomic E-state index is 12.1. The van der Waals surface area contributed by atoms with Crippen molar-refractivity contribution < 1.29 is 9.72 Å². The van der Waals surface area contributed by atoms with Gasteiger partial charge >= 0.3 is 0 Å². The normalized spacial score (nSPS) is 18.6. The number of anilines is 1. The van der Waals surface area contributed by atoms with E-state index in [0.29, 0.717) is 17.7 Å². The Labute approximate surface area is 117 Å². The first kappa shape index (κ1) is 14.5. The lowest BCUT2D eigenvalue weighted by molar-refractivity contribution is -0.385. The van der Waals surface area contributed by atoms with Crippen molar-refractivity contribution in [2.45, 2.75) is 38.6 Å². The fraction of sp³-hybridized carbons (Fsp3) is 0.500. The molecule has 1 aliphatic heterocycles. The number of hydrogen-bond donors (Lipinski definition) is 2. The van der Waals surface area contributed by atoms with Crippen LogP contribution >= 0.6 is 0 Å². The molecule has 0 aromatic heterocycles. The second-order valence-electron chi connectivity index (χ2n) is 4.95. The van der Waals surface area contributed by atoms with E-state index in [-0.39, 0.29) is 17.6 Å². The molecule has 1 atom stereocenters. The molecule has 108 valence electrons. The van der Waals surface area contributed by atoms with Crippen LogP contribution in [-0.2, 0) is 11.2 Å². The zero-order chi connectivity index (χ0) is 14.5. The zero-order valence-corrected chi connectivity index (χ0v) is 11.5. The molecule has 0 unspecified atom stereocenters. The molecule has 20 heavy (non-hydrogen) atoms. The average Bonchev–Trinajstić information content (AvgIpc) is 2.48. The van der Waals surface area contributed by atoms with Crippen LogP contribution in [0.3, 0.4) is 0 Å². The maximum absolute atomic E-state index is 12.1. The minimum absolute atomic E-state index is 0.0573. The molecule has 1 aliphatic rings. The molecule has 1 aromatic carbocycles. The number of carbonyl (C=O) groups excluding carboxylic acids is 1. The second-order valence-corrected chi connectivity index (χ2v) is 4.95. The summed E-state index contributed by atoms with van der Waals surface area (Å²) in [5.41, 5.74) is 1.21. The Kier molecular flexibility index (Phi) is 4.68. The zero-order valence-electron chi connectivity index (χ0n) is 11.5. The Balaban J connectivity index is 2.10. The molecule has 1 heterocycles. The predicted octanol–water partition coefficient (Wildman–Crippen LogP) is 2.24. The smallest absolute Gasteiger partial charge is 0.274 e. The van der Waals surface area contributed by atoms with E-state index in [9.17, 15) is 14.9 Å². The number of rotatable bonds is 4. The summed E-state index contributed by atoms with van der Waals surface area (Å²) in [6.45, 7) is 2.71. The molecular weight excluding hydrogens is 258 g/mol. The number of nitrogens with zero attached hydrogens (tertiary/aromatic N) is 1. The highest BCUT2D eigenvalue weighted by atomic mass is 16.6. The molecule has 1 amide bonds. The number of amides is 1. The van der Waals surface area contributed by atoms with Crippen molar-refractivity contribution in [2.24, 2.45) is 0 Å². The van der Waals surface area contributed by atoms with E-state index >= 15 is 0 Å². The number of hydrogen-bond acceptors (Lipinski definition) is 4. The van der Waals surface area contributed by atoms with Gasteiger partial charge in [0.05, 0.1) is 11.0 Å². The first-order valence-electron chi connectivity index (χ1n) is 6.93. The maximum Gasteiger partial charge on any atom is 0.274 e. The van der Waals surface area contributed by atoms with Crippen molar-refractivity contribution in [3.8, 4) is 0 Å². The fourth-order valence-electron chi connectivity index (χ4n) is 2.42. The van der Waals surface area contributed by atoms with Crippen LogP contribution < -0.4 is 10.6 Å². The molecule has 1 fully saturated rings. The van der Waals surface area contributed by atoms with E-state index in [1.54, 1.807) is 12.1 Å². The summed E-state index contributed by atoms with van der Waals surface area (Å²) >= 11 is 0. The molecule has 0 aliphatic carbocycles. The highest BCUT2D eigenvalue weighted by Crippen LogP contribution is 2.24. The Morgan fingerprint density at radius 1 is 1.50 bits per heavy atom. The largest absolute Gasteiger partial charge is 0.324 e. The molecule has 1 aromatic rings. The van der Waals surface area contributed by atoms with Crippen molar-refractivity contribution in [3.63, 3.8) is 0 Å². The summed E-state index contributed by atoms with van der Waals surface area (Å²) in [4.78, 5) is 22.7. The lowest BCUT2D eigenvalue weighted by Crippen LogP contribution is -2.43.